The van der Waals surface area contributed by atoms with Gasteiger partial charge in [-0.2, -0.15) is 0 Å². The number of pyridine rings is 1. The van der Waals surface area contributed by atoms with Gasteiger partial charge in [0.05, 0.1) is 43.2 Å². The van der Waals surface area contributed by atoms with Crippen LogP contribution in [0.3, 0.4) is 0 Å². The van der Waals surface area contributed by atoms with Gasteiger partial charge in [0.2, 0.25) is 5.91 Å². The second-order valence-electron chi connectivity index (χ2n) is 11.3. The zero-order valence-corrected chi connectivity index (χ0v) is 25.8. The van der Waals surface area contributed by atoms with Gasteiger partial charge in [-0.05, 0) is 50.5 Å². The van der Waals surface area contributed by atoms with Gasteiger partial charge in [0, 0.05) is 54.7 Å². The SMILES string of the molecule is COc1cc2c(Oc3ccc(NC(=O)Nc4cc(C)on4)c(Cl)c3)ccnc2cc1OCCCC(=O)N1CCC2(CC1)COC2. The number of nitrogens with zero attached hydrogens (tertiary/aromatic N) is 3. The second kappa shape index (κ2) is 13.2. The number of benzene rings is 2. The topological polar surface area (TPSA) is 137 Å². The van der Waals surface area contributed by atoms with Gasteiger partial charge in [0.25, 0.3) is 0 Å². The minimum atomic E-state index is -0.518. The van der Waals surface area contributed by atoms with Crippen LogP contribution in [-0.4, -0.2) is 67.0 Å². The number of halogens is 1. The van der Waals surface area contributed by atoms with E-state index in [0.29, 0.717) is 70.2 Å². The van der Waals surface area contributed by atoms with Crippen molar-refractivity contribution in [2.75, 3.05) is 50.7 Å². The molecule has 3 amide bonds. The van der Waals surface area contributed by atoms with Crippen LogP contribution in [0.5, 0.6) is 23.0 Å². The van der Waals surface area contributed by atoms with E-state index in [1.807, 2.05) is 4.90 Å². The molecule has 4 heterocycles. The number of ether oxygens (including phenoxy) is 4. The maximum Gasteiger partial charge on any atom is 0.324 e. The lowest BCUT2D eigenvalue weighted by molar-refractivity contribution is -0.153. The average molecular weight is 636 g/mol. The van der Waals surface area contributed by atoms with Crippen molar-refractivity contribution in [3.63, 3.8) is 0 Å². The van der Waals surface area contributed by atoms with Gasteiger partial charge in [-0.15, -0.1) is 0 Å². The molecule has 0 aliphatic carbocycles. The van der Waals surface area contributed by atoms with Crippen molar-refractivity contribution in [1.82, 2.24) is 15.0 Å². The van der Waals surface area contributed by atoms with Crippen molar-refractivity contribution < 1.29 is 33.1 Å². The largest absolute Gasteiger partial charge is 0.493 e. The summed E-state index contributed by atoms with van der Waals surface area (Å²) in [5, 5.41) is 9.97. The van der Waals surface area contributed by atoms with Crippen molar-refractivity contribution in [3.05, 3.63) is 59.4 Å². The molecule has 2 fully saturated rings. The van der Waals surface area contributed by atoms with E-state index in [9.17, 15) is 9.59 Å². The van der Waals surface area contributed by atoms with Crippen LogP contribution >= 0.6 is 11.6 Å². The van der Waals surface area contributed by atoms with Crippen molar-refractivity contribution in [1.29, 1.82) is 0 Å². The first-order valence-corrected chi connectivity index (χ1v) is 15.1. The number of aromatic nitrogens is 2. The maximum absolute atomic E-state index is 12.7. The molecule has 4 aromatic rings. The van der Waals surface area contributed by atoms with Crippen LogP contribution in [-0.2, 0) is 9.53 Å². The Morgan fingerprint density at radius 2 is 1.87 bits per heavy atom. The molecule has 45 heavy (non-hydrogen) atoms. The normalized spacial score (nSPS) is 15.4. The predicted molar refractivity (Wildman–Crippen MR) is 167 cm³/mol. The van der Waals surface area contributed by atoms with Gasteiger partial charge >= 0.3 is 6.03 Å². The number of aryl methyl sites for hydroxylation is 1. The van der Waals surface area contributed by atoms with E-state index in [1.54, 1.807) is 62.7 Å². The minimum Gasteiger partial charge on any atom is -0.493 e. The summed E-state index contributed by atoms with van der Waals surface area (Å²) < 4.78 is 28.1. The Labute approximate surface area is 264 Å². The highest BCUT2D eigenvalue weighted by atomic mass is 35.5. The molecule has 2 aliphatic rings. The summed E-state index contributed by atoms with van der Waals surface area (Å²) in [5.74, 6) is 3.06. The maximum atomic E-state index is 12.7. The molecule has 2 aromatic carbocycles. The van der Waals surface area contributed by atoms with Crippen LogP contribution < -0.4 is 24.8 Å². The summed E-state index contributed by atoms with van der Waals surface area (Å²) in [6, 6.07) is 11.3. The summed E-state index contributed by atoms with van der Waals surface area (Å²) in [6.45, 7) is 5.34. The highest BCUT2D eigenvalue weighted by Gasteiger charge is 2.41. The fourth-order valence-corrected chi connectivity index (χ4v) is 5.66. The van der Waals surface area contributed by atoms with E-state index in [4.69, 9.17) is 35.1 Å². The van der Waals surface area contributed by atoms with Gasteiger partial charge in [0.15, 0.2) is 17.3 Å². The number of hydrogen-bond donors (Lipinski definition) is 2. The number of hydrogen-bond acceptors (Lipinski definition) is 9. The number of likely N-dealkylation sites (tertiary alicyclic amines) is 1. The zero-order valence-electron chi connectivity index (χ0n) is 25.1. The summed E-state index contributed by atoms with van der Waals surface area (Å²) in [5.41, 5.74) is 1.34. The Morgan fingerprint density at radius 3 is 2.56 bits per heavy atom. The second-order valence-corrected chi connectivity index (χ2v) is 11.7. The molecule has 0 bridgehead atoms. The number of nitrogens with one attached hydrogen (secondary N) is 2. The third-order valence-electron chi connectivity index (χ3n) is 8.06. The van der Waals surface area contributed by atoms with Crippen LogP contribution in [0.2, 0.25) is 5.02 Å². The molecular formula is C32H34ClN5O7. The number of carbonyl (C=O) groups is 2. The van der Waals surface area contributed by atoms with Crippen molar-refractivity contribution in [2.24, 2.45) is 5.41 Å². The first-order valence-electron chi connectivity index (χ1n) is 14.7. The average Bonchev–Trinajstić information content (AvgIpc) is 3.43. The van der Waals surface area contributed by atoms with E-state index in [0.717, 1.165) is 39.1 Å². The quantitative estimate of drug-likeness (QED) is 0.189. The molecule has 2 saturated heterocycles. The first kappa shape index (κ1) is 30.5. The summed E-state index contributed by atoms with van der Waals surface area (Å²) >= 11 is 6.44. The zero-order chi connectivity index (χ0) is 31.4. The van der Waals surface area contributed by atoms with E-state index in [2.05, 4.69) is 20.8 Å². The van der Waals surface area contributed by atoms with Crippen LogP contribution in [0.4, 0.5) is 16.3 Å². The van der Waals surface area contributed by atoms with Gasteiger partial charge < -0.3 is 33.7 Å². The number of carbonyl (C=O) groups excluding carboxylic acids is 2. The van der Waals surface area contributed by atoms with E-state index < -0.39 is 6.03 Å². The molecule has 12 nitrogen and oxygen atoms in total. The Hall–Kier alpha value is -4.55. The number of amides is 3. The Morgan fingerprint density at radius 1 is 1.04 bits per heavy atom. The number of urea groups is 1. The van der Waals surface area contributed by atoms with Gasteiger partial charge in [-0.1, -0.05) is 16.8 Å². The fourth-order valence-electron chi connectivity index (χ4n) is 5.45. The number of rotatable bonds is 10. The predicted octanol–water partition coefficient (Wildman–Crippen LogP) is 6.43. The molecule has 2 aromatic heterocycles. The molecule has 2 N–H and O–H groups in total. The van der Waals surface area contributed by atoms with Crippen LogP contribution in [0.25, 0.3) is 10.9 Å². The summed E-state index contributed by atoms with van der Waals surface area (Å²) in [4.78, 5) is 31.5. The lowest BCUT2D eigenvalue weighted by Gasteiger charge is -2.47. The Kier molecular flexibility index (Phi) is 8.95. The molecule has 6 rings (SSSR count). The lowest BCUT2D eigenvalue weighted by Crippen LogP contribution is -2.52. The molecule has 1 spiro atoms. The first-order chi connectivity index (χ1) is 21.8. The number of anilines is 2. The molecule has 13 heteroatoms. The lowest BCUT2D eigenvalue weighted by atomic mass is 9.77. The summed E-state index contributed by atoms with van der Waals surface area (Å²) in [6.07, 6.45) is 4.69. The van der Waals surface area contributed by atoms with E-state index >= 15 is 0 Å². The number of methoxy groups -OCH3 is 1. The van der Waals surface area contributed by atoms with Crippen molar-refractivity contribution >= 4 is 45.9 Å². The van der Waals surface area contributed by atoms with Gasteiger partial charge in [0.1, 0.15) is 17.3 Å². The smallest absolute Gasteiger partial charge is 0.324 e. The molecule has 0 unspecified atom stereocenters. The molecular weight excluding hydrogens is 602 g/mol. The third-order valence-corrected chi connectivity index (χ3v) is 8.37. The van der Waals surface area contributed by atoms with Crippen LogP contribution in [0.15, 0.2) is 53.2 Å². The molecule has 2 aliphatic heterocycles. The van der Waals surface area contributed by atoms with Gasteiger partial charge in [-0.3, -0.25) is 15.1 Å². The number of fused-ring (bicyclic) bond motifs is 1. The summed E-state index contributed by atoms with van der Waals surface area (Å²) in [7, 11) is 1.57. The molecule has 0 saturated carbocycles. The monoisotopic (exact) mass is 635 g/mol. The molecule has 236 valence electrons. The third kappa shape index (κ3) is 7.07. The van der Waals surface area contributed by atoms with E-state index in [1.165, 1.54) is 0 Å². The Bertz CT molecular complexity index is 1700. The van der Waals surface area contributed by atoms with Gasteiger partial charge in [-0.25, -0.2) is 4.79 Å². The highest BCUT2D eigenvalue weighted by Crippen LogP contribution is 2.39. The van der Waals surface area contributed by atoms with Crippen LogP contribution in [0.1, 0.15) is 31.4 Å². The standard InChI is InChI=1S/C32H34ClN5O7/c1-20-14-29(37-45-20)36-31(40)35-24-6-5-21(15-23(24)33)44-26-7-10-34-25-17-28(27(41-2)16-22(25)26)43-13-3-4-30(39)38-11-8-32(9-12-38)18-42-19-32/h5-7,10,14-17H,3-4,8-9,11-13,18-19H2,1-2H3,(H2,35,36,37,40). The van der Waals surface area contributed by atoms with Crippen LogP contribution in [0, 0.1) is 12.3 Å². The van der Waals surface area contributed by atoms with Crippen molar-refractivity contribution in [3.8, 4) is 23.0 Å². The number of piperidine rings is 1. The van der Waals surface area contributed by atoms with E-state index in [-0.39, 0.29) is 16.7 Å². The Balaban J connectivity index is 1.05. The van der Waals surface area contributed by atoms with Crippen molar-refractivity contribution in [2.45, 2.75) is 32.6 Å². The highest BCUT2D eigenvalue weighted by molar-refractivity contribution is 6.34. The minimum absolute atomic E-state index is 0.163. The molecule has 0 radical (unpaired) electrons. The molecule has 0 atom stereocenters. The fraction of sp³-hybridized carbons (Fsp3) is 0.375.